The summed E-state index contributed by atoms with van der Waals surface area (Å²) in [5.41, 5.74) is 5.69. The van der Waals surface area contributed by atoms with Crippen LogP contribution in [0.2, 0.25) is 0 Å². The fourth-order valence-electron chi connectivity index (χ4n) is 3.24. The molecule has 1 aliphatic heterocycles. The number of carbonyl (C=O) groups excluding carboxylic acids is 1. The average molecular weight is 328 g/mol. The minimum absolute atomic E-state index is 0.0581. The van der Waals surface area contributed by atoms with Crippen LogP contribution >= 0.6 is 0 Å². The van der Waals surface area contributed by atoms with Gasteiger partial charge in [0.05, 0.1) is 17.9 Å². The number of ether oxygens (including phenoxy) is 1. The largest absolute Gasteiger partial charge is 0.369 e. The number of hydrogen-bond donors (Lipinski definition) is 2. The maximum absolute atomic E-state index is 12.5. The van der Waals surface area contributed by atoms with Crippen LogP contribution in [0.25, 0.3) is 0 Å². The van der Waals surface area contributed by atoms with Crippen LogP contribution in [0.4, 0.5) is 0 Å². The van der Waals surface area contributed by atoms with E-state index in [1.165, 1.54) is 0 Å². The van der Waals surface area contributed by atoms with E-state index in [2.05, 4.69) is 26.6 Å². The lowest BCUT2D eigenvalue weighted by Crippen LogP contribution is -2.29. The maximum atomic E-state index is 12.5. The average Bonchev–Trinajstić information content (AvgIpc) is 2.93. The molecule has 3 heterocycles. The third-order valence-electron chi connectivity index (χ3n) is 4.42. The van der Waals surface area contributed by atoms with Gasteiger partial charge in [0, 0.05) is 36.8 Å². The molecule has 0 aromatic carbocycles. The molecule has 6 nitrogen and oxygen atoms in total. The number of aryl methyl sites for hydroxylation is 2. The molecular weight excluding hydrogens is 304 g/mol. The van der Waals surface area contributed by atoms with Crippen molar-refractivity contribution in [3.05, 3.63) is 46.0 Å². The lowest BCUT2D eigenvalue weighted by molar-refractivity contribution is -0.00697. The topological polar surface area (TPSA) is 79.9 Å². The minimum Gasteiger partial charge on any atom is -0.369 e. The second kappa shape index (κ2) is 6.73. The summed E-state index contributed by atoms with van der Waals surface area (Å²) in [6.07, 6.45) is 3.31. The van der Waals surface area contributed by atoms with Crippen molar-refractivity contribution in [3.63, 3.8) is 0 Å². The number of hydrogen-bond acceptors (Lipinski definition) is 4. The molecule has 24 heavy (non-hydrogen) atoms. The van der Waals surface area contributed by atoms with E-state index < -0.39 is 0 Å². The summed E-state index contributed by atoms with van der Waals surface area (Å²) in [4.78, 5) is 16.9. The van der Waals surface area contributed by atoms with Gasteiger partial charge in [-0.1, -0.05) is 6.07 Å². The summed E-state index contributed by atoms with van der Waals surface area (Å²) < 4.78 is 5.76. The second-order valence-corrected chi connectivity index (χ2v) is 6.54. The highest BCUT2D eigenvalue weighted by atomic mass is 16.5. The van der Waals surface area contributed by atoms with E-state index in [0.29, 0.717) is 25.1 Å². The Morgan fingerprint density at radius 1 is 1.42 bits per heavy atom. The molecule has 0 radical (unpaired) electrons. The molecule has 2 aromatic rings. The van der Waals surface area contributed by atoms with Gasteiger partial charge < -0.3 is 10.1 Å². The van der Waals surface area contributed by atoms with Gasteiger partial charge in [0.25, 0.3) is 5.91 Å². The SMILES string of the molecule is Cc1cnc(CCNC(=O)c2n[nH]c3c2C[C@@H](C)O[C@H]3C)c(C)c1. The summed E-state index contributed by atoms with van der Waals surface area (Å²) in [5.74, 6) is -0.140. The number of nitrogens with zero attached hydrogens (tertiary/aromatic N) is 2. The summed E-state index contributed by atoms with van der Waals surface area (Å²) in [6.45, 7) is 8.60. The van der Waals surface area contributed by atoms with E-state index in [1.807, 2.05) is 33.9 Å². The van der Waals surface area contributed by atoms with Crippen LogP contribution in [0.3, 0.4) is 0 Å². The van der Waals surface area contributed by atoms with E-state index in [4.69, 9.17) is 4.74 Å². The van der Waals surface area contributed by atoms with Crippen molar-refractivity contribution < 1.29 is 9.53 Å². The zero-order chi connectivity index (χ0) is 17.3. The first-order valence-electron chi connectivity index (χ1n) is 8.38. The molecule has 3 rings (SSSR count). The first-order chi connectivity index (χ1) is 11.5. The van der Waals surface area contributed by atoms with Crippen molar-refractivity contribution in [2.75, 3.05) is 6.54 Å². The van der Waals surface area contributed by atoms with Crippen molar-refractivity contribution in [2.24, 2.45) is 0 Å². The molecule has 2 N–H and O–H groups in total. The summed E-state index contributed by atoms with van der Waals surface area (Å²) >= 11 is 0. The van der Waals surface area contributed by atoms with Crippen LogP contribution in [-0.4, -0.2) is 33.7 Å². The van der Waals surface area contributed by atoms with E-state index in [1.54, 1.807) is 0 Å². The number of H-pyrrole nitrogens is 1. The number of nitrogens with one attached hydrogen (secondary N) is 2. The maximum Gasteiger partial charge on any atom is 0.272 e. The summed E-state index contributed by atoms with van der Waals surface area (Å²) in [6, 6.07) is 2.11. The smallest absolute Gasteiger partial charge is 0.272 e. The molecule has 128 valence electrons. The van der Waals surface area contributed by atoms with Crippen molar-refractivity contribution in [3.8, 4) is 0 Å². The number of fused-ring (bicyclic) bond motifs is 1. The van der Waals surface area contributed by atoms with Gasteiger partial charge in [0.1, 0.15) is 0 Å². The number of aromatic amines is 1. The molecular formula is C18H24N4O2. The first kappa shape index (κ1) is 16.6. The van der Waals surface area contributed by atoms with Gasteiger partial charge in [-0.15, -0.1) is 0 Å². The Morgan fingerprint density at radius 2 is 2.21 bits per heavy atom. The fraction of sp³-hybridized carbons (Fsp3) is 0.500. The number of rotatable bonds is 4. The Bertz CT molecular complexity index is 753. The van der Waals surface area contributed by atoms with E-state index in [9.17, 15) is 4.79 Å². The lowest BCUT2D eigenvalue weighted by Gasteiger charge is -2.25. The summed E-state index contributed by atoms with van der Waals surface area (Å²) in [7, 11) is 0. The Hall–Kier alpha value is -2.21. The third-order valence-corrected chi connectivity index (χ3v) is 4.42. The molecule has 2 aromatic heterocycles. The van der Waals surface area contributed by atoms with Gasteiger partial charge >= 0.3 is 0 Å². The highest BCUT2D eigenvalue weighted by Crippen LogP contribution is 2.29. The van der Waals surface area contributed by atoms with Crippen LogP contribution in [0, 0.1) is 13.8 Å². The lowest BCUT2D eigenvalue weighted by atomic mass is 9.99. The molecule has 1 amide bonds. The predicted octanol–water partition coefficient (Wildman–Crippen LogP) is 2.42. The van der Waals surface area contributed by atoms with Crippen LogP contribution in [0.5, 0.6) is 0 Å². The van der Waals surface area contributed by atoms with Crippen molar-refractivity contribution in [1.29, 1.82) is 0 Å². The van der Waals surface area contributed by atoms with Crippen molar-refractivity contribution >= 4 is 5.91 Å². The Labute approximate surface area is 142 Å². The Kier molecular flexibility index (Phi) is 4.66. The fourth-order valence-corrected chi connectivity index (χ4v) is 3.24. The second-order valence-electron chi connectivity index (χ2n) is 6.54. The number of amides is 1. The highest BCUT2D eigenvalue weighted by molar-refractivity contribution is 5.94. The number of aromatic nitrogens is 3. The monoisotopic (exact) mass is 328 g/mol. The first-order valence-corrected chi connectivity index (χ1v) is 8.38. The Balaban J connectivity index is 1.64. The van der Waals surface area contributed by atoms with Gasteiger partial charge in [-0.2, -0.15) is 5.10 Å². The molecule has 0 fully saturated rings. The van der Waals surface area contributed by atoms with Crippen LogP contribution in [0.15, 0.2) is 12.3 Å². The van der Waals surface area contributed by atoms with Crippen molar-refractivity contribution in [2.45, 2.75) is 52.7 Å². The van der Waals surface area contributed by atoms with Gasteiger partial charge in [-0.3, -0.25) is 14.9 Å². The molecule has 2 atom stereocenters. The predicted molar refractivity (Wildman–Crippen MR) is 91.0 cm³/mol. The number of carbonyl (C=O) groups is 1. The van der Waals surface area contributed by atoms with Crippen molar-refractivity contribution in [1.82, 2.24) is 20.5 Å². The standard InChI is InChI=1S/C18H24N4O2/c1-10-7-11(2)15(20-9-10)5-6-19-18(23)17-14-8-12(3)24-13(4)16(14)21-22-17/h7,9,12-13H,5-6,8H2,1-4H3,(H,19,23)(H,21,22)/t12-,13+/m1/s1. The van der Waals surface area contributed by atoms with Gasteiger partial charge in [-0.25, -0.2) is 0 Å². The van der Waals surface area contributed by atoms with E-state index in [0.717, 1.165) is 28.1 Å². The van der Waals surface area contributed by atoms with Crippen LogP contribution in [-0.2, 0) is 17.6 Å². The van der Waals surface area contributed by atoms with Gasteiger partial charge in [0.15, 0.2) is 5.69 Å². The third kappa shape index (κ3) is 3.33. The van der Waals surface area contributed by atoms with Gasteiger partial charge in [0.2, 0.25) is 0 Å². The summed E-state index contributed by atoms with van der Waals surface area (Å²) in [5, 5.41) is 10.1. The molecule has 0 unspecified atom stereocenters. The zero-order valence-corrected chi connectivity index (χ0v) is 14.6. The van der Waals surface area contributed by atoms with E-state index in [-0.39, 0.29) is 18.1 Å². The normalized spacial score (nSPS) is 19.8. The molecule has 0 saturated carbocycles. The van der Waals surface area contributed by atoms with Crippen LogP contribution < -0.4 is 5.32 Å². The quantitative estimate of drug-likeness (QED) is 0.903. The van der Waals surface area contributed by atoms with Gasteiger partial charge in [-0.05, 0) is 38.8 Å². The minimum atomic E-state index is -0.140. The number of pyridine rings is 1. The van der Waals surface area contributed by atoms with Crippen LogP contribution in [0.1, 0.15) is 58.5 Å². The molecule has 0 bridgehead atoms. The highest BCUT2D eigenvalue weighted by Gasteiger charge is 2.29. The molecule has 0 saturated heterocycles. The molecule has 0 spiro atoms. The molecule has 0 aliphatic carbocycles. The molecule has 6 heteroatoms. The zero-order valence-electron chi connectivity index (χ0n) is 14.6. The van der Waals surface area contributed by atoms with E-state index >= 15 is 0 Å². The molecule has 1 aliphatic rings. The Morgan fingerprint density at radius 3 is 2.96 bits per heavy atom.